The van der Waals surface area contributed by atoms with Gasteiger partial charge in [-0.1, -0.05) is 44.2 Å². The highest BCUT2D eigenvalue weighted by Gasteiger charge is 2.34. The van der Waals surface area contributed by atoms with Gasteiger partial charge < -0.3 is 19.1 Å². The van der Waals surface area contributed by atoms with Gasteiger partial charge >= 0.3 is 0 Å². The van der Waals surface area contributed by atoms with E-state index < -0.39 is 0 Å². The van der Waals surface area contributed by atoms with Crippen LogP contribution in [-0.4, -0.2) is 59.0 Å². The van der Waals surface area contributed by atoms with Crippen molar-refractivity contribution in [2.45, 2.75) is 45.8 Å². The number of rotatable bonds is 11. The van der Waals surface area contributed by atoms with Crippen molar-refractivity contribution < 1.29 is 14.3 Å². The number of aromatic nitrogens is 1. The first kappa shape index (κ1) is 22.1. The minimum atomic E-state index is -0.146. The SMILES string of the molecule is COCCN(CC(=O)N(Cc1cccn1Cc1ccccc1)C1CC1)C(=O)C(C)C. The van der Waals surface area contributed by atoms with E-state index in [1.807, 2.05) is 43.0 Å². The second-order valence-electron chi connectivity index (χ2n) is 8.27. The van der Waals surface area contributed by atoms with Crippen LogP contribution in [0.3, 0.4) is 0 Å². The number of hydrogen-bond acceptors (Lipinski definition) is 3. The molecule has 162 valence electrons. The van der Waals surface area contributed by atoms with Crippen molar-refractivity contribution in [3.8, 4) is 0 Å². The average molecular weight is 412 g/mol. The first-order valence-electron chi connectivity index (χ1n) is 10.7. The standard InChI is InChI=1S/C24H33N3O3/c1-19(2)24(29)26(14-15-30-3)18-23(28)27(21-11-12-21)17-22-10-7-13-25(22)16-20-8-5-4-6-9-20/h4-10,13,19,21H,11-12,14-18H2,1-3H3. The van der Waals surface area contributed by atoms with Crippen LogP contribution in [0.4, 0.5) is 0 Å². The molecule has 3 rings (SSSR count). The maximum atomic E-state index is 13.2. The van der Waals surface area contributed by atoms with Crippen molar-refractivity contribution in [3.63, 3.8) is 0 Å². The van der Waals surface area contributed by atoms with Gasteiger partial charge in [0.15, 0.2) is 0 Å². The summed E-state index contributed by atoms with van der Waals surface area (Å²) >= 11 is 0. The normalized spacial score (nSPS) is 13.5. The number of carbonyl (C=O) groups excluding carboxylic acids is 2. The summed E-state index contributed by atoms with van der Waals surface area (Å²) in [5, 5.41) is 0. The van der Waals surface area contributed by atoms with Crippen LogP contribution in [0, 0.1) is 5.92 Å². The molecule has 0 N–H and O–H groups in total. The molecule has 0 aliphatic heterocycles. The van der Waals surface area contributed by atoms with Crippen molar-refractivity contribution in [1.29, 1.82) is 0 Å². The van der Waals surface area contributed by atoms with Gasteiger partial charge in [-0.05, 0) is 30.5 Å². The van der Waals surface area contributed by atoms with Crippen LogP contribution < -0.4 is 0 Å². The van der Waals surface area contributed by atoms with E-state index in [-0.39, 0.29) is 30.3 Å². The van der Waals surface area contributed by atoms with Gasteiger partial charge in [-0.15, -0.1) is 0 Å². The Labute approximate surface area is 179 Å². The van der Waals surface area contributed by atoms with Crippen LogP contribution in [0.1, 0.15) is 37.9 Å². The van der Waals surface area contributed by atoms with Crippen molar-refractivity contribution in [1.82, 2.24) is 14.4 Å². The molecule has 0 atom stereocenters. The Hall–Kier alpha value is -2.60. The first-order chi connectivity index (χ1) is 14.5. The Kier molecular flexibility index (Phi) is 7.69. The Balaban J connectivity index is 1.69. The van der Waals surface area contributed by atoms with Gasteiger partial charge in [0.25, 0.3) is 0 Å². The number of nitrogens with zero attached hydrogens (tertiary/aromatic N) is 3. The molecule has 1 aromatic heterocycles. The maximum Gasteiger partial charge on any atom is 0.242 e. The lowest BCUT2D eigenvalue weighted by Crippen LogP contribution is -2.46. The van der Waals surface area contributed by atoms with Crippen LogP contribution >= 0.6 is 0 Å². The monoisotopic (exact) mass is 411 g/mol. The molecule has 0 saturated heterocycles. The molecular weight excluding hydrogens is 378 g/mol. The van der Waals surface area contributed by atoms with Crippen molar-refractivity contribution in [2.75, 3.05) is 26.8 Å². The zero-order valence-electron chi connectivity index (χ0n) is 18.3. The summed E-state index contributed by atoms with van der Waals surface area (Å²) in [7, 11) is 1.61. The Morgan fingerprint density at radius 3 is 2.50 bits per heavy atom. The Bertz CT molecular complexity index is 827. The van der Waals surface area contributed by atoms with E-state index in [1.54, 1.807) is 12.0 Å². The molecule has 2 aromatic rings. The maximum absolute atomic E-state index is 13.2. The number of carbonyl (C=O) groups is 2. The molecule has 6 nitrogen and oxygen atoms in total. The molecule has 1 aliphatic carbocycles. The van der Waals surface area contributed by atoms with E-state index >= 15 is 0 Å². The summed E-state index contributed by atoms with van der Waals surface area (Å²) in [6, 6.07) is 14.7. The molecule has 0 bridgehead atoms. The molecule has 0 spiro atoms. The molecule has 1 saturated carbocycles. The predicted molar refractivity (Wildman–Crippen MR) is 117 cm³/mol. The van der Waals surface area contributed by atoms with Gasteiger partial charge in [0.05, 0.1) is 19.7 Å². The van der Waals surface area contributed by atoms with Gasteiger partial charge in [0, 0.05) is 44.0 Å². The lowest BCUT2D eigenvalue weighted by molar-refractivity contribution is -0.143. The molecule has 6 heteroatoms. The van der Waals surface area contributed by atoms with Crippen LogP contribution in [-0.2, 0) is 27.4 Å². The summed E-state index contributed by atoms with van der Waals surface area (Å²) in [5.74, 6) is -0.147. The third-order valence-electron chi connectivity index (χ3n) is 5.46. The molecule has 1 aromatic carbocycles. The van der Waals surface area contributed by atoms with Crippen molar-refractivity contribution in [3.05, 3.63) is 59.9 Å². The highest BCUT2D eigenvalue weighted by atomic mass is 16.5. The number of amides is 2. The van der Waals surface area contributed by atoms with E-state index in [1.165, 1.54) is 5.56 Å². The lowest BCUT2D eigenvalue weighted by atomic mass is 10.2. The van der Waals surface area contributed by atoms with E-state index in [4.69, 9.17) is 4.74 Å². The fraction of sp³-hybridized carbons (Fsp3) is 0.500. The largest absolute Gasteiger partial charge is 0.383 e. The molecular formula is C24H33N3O3. The number of benzene rings is 1. The summed E-state index contributed by atoms with van der Waals surface area (Å²) in [6.07, 6.45) is 4.12. The zero-order valence-corrected chi connectivity index (χ0v) is 18.3. The van der Waals surface area contributed by atoms with E-state index in [9.17, 15) is 9.59 Å². The Morgan fingerprint density at radius 1 is 1.13 bits per heavy atom. The average Bonchev–Trinajstić information content (AvgIpc) is 3.49. The molecule has 1 aliphatic rings. The van der Waals surface area contributed by atoms with Crippen molar-refractivity contribution in [2.24, 2.45) is 5.92 Å². The zero-order chi connectivity index (χ0) is 21.5. The Morgan fingerprint density at radius 2 is 1.87 bits per heavy atom. The second kappa shape index (κ2) is 10.4. The van der Waals surface area contributed by atoms with Crippen LogP contribution in [0.15, 0.2) is 48.7 Å². The number of hydrogen-bond donors (Lipinski definition) is 0. The molecule has 30 heavy (non-hydrogen) atoms. The molecule has 1 fully saturated rings. The summed E-state index contributed by atoms with van der Waals surface area (Å²) in [5.41, 5.74) is 2.34. The predicted octanol–water partition coefficient (Wildman–Crippen LogP) is 3.16. The van der Waals surface area contributed by atoms with Crippen LogP contribution in [0.5, 0.6) is 0 Å². The van der Waals surface area contributed by atoms with Gasteiger partial charge in [-0.3, -0.25) is 9.59 Å². The summed E-state index contributed by atoms with van der Waals surface area (Å²) in [4.78, 5) is 29.3. The summed E-state index contributed by atoms with van der Waals surface area (Å²) < 4.78 is 7.33. The highest BCUT2D eigenvalue weighted by Crippen LogP contribution is 2.29. The molecule has 0 radical (unpaired) electrons. The number of ether oxygens (including phenoxy) is 1. The lowest BCUT2D eigenvalue weighted by Gasteiger charge is -2.29. The van der Waals surface area contributed by atoms with Gasteiger partial charge in [0.1, 0.15) is 0 Å². The molecule has 0 unspecified atom stereocenters. The minimum absolute atomic E-state index is 0.00932. The van der Waals surface area contributed by atoms with Gasteiger partial charge in [-0.2, -0.15) is 0 Å². The molecule has 2 amide bonds. The quantitative estimate of drug-likeness (QED) is 0.571. The van der Waals surface area contributed by atoms with Gasteiger partial charge in [0.2, 0.25) is 11.8 Å². The van der Waals surface area contributed by atoms with Gasteiger partial charge in [-0.25, -0.2) is 0 Å². The fourth-order valence-electron chi connectivity index (χ4n) is 3.60. The van der Waals surface area contributed by atoms with E-state index in [2.05, 4.69) is 29.0 Å². The van der Waals surface area contributed by atoms with Crippen LogP contribution in [0.2, 0.25) is 0 Å². The first-order valence-corrected chi connectivity index (χ1v) is 10.7. The van der Waals surface area contributed by atoms with Crippen LogP contribution in [0.25, 0.3) is 0 Å². The smallest absolute Gasteiger partial charge is 0.242 e. The fourth-order valence-corrected chi connectivity index (χ4v) is 3.60. The third kappa shape index (κ3) is 5.95. The van der Waals surface area contributed by atoms with Crippen molar-refractivity contribution >= 4 is 11.8 Å². The van der Waals surface area contributed by atoms with E-state index in [0.717, 1.165) is 25.1 Å². The second-order valence-corrected chi connectivity index (χ2v) is 8.27. The highest BCUT2D eigenvalue weighted by molar-refractivity contribution is 5.86. The van der Waals surface area contributed by atoms with E-state index in [0.29, 0.717) is 19.7 Å². The number of methoxy groups -OCH3 is 1. The minimum Gasteiger partial charge on any atom is -0.383 e. The molecule has 1 heterocycles. The third-order valence-corrected chi connectivity index (χ3v) is 5.46. The topological polar surface area (TPSA) is 54.8 Å². The summed E-state index contributed by atoms with van der Waals surface area (Å²) in [6.45, 7) is 6.04.